The van der Waals surface area contributed by atoms with E-state index in [1.165, 1.54) is 4.90 Å². The molecule has 5 rings (SSSR count). The van der Waals surface area contributed by atoms with Gasteiger partial charge in [-0.3, -0.25) is 14.5 Å². The van der Waals surface area contributed by atoms with Crippen molar-refractivity contribution in [1.29, 1.82) is 0 Å². The van der Waals surface area contributed by atoms with Crippen LogP contribution in [0.2, 0.25) is 0 Å². The molecule has 3 aliphatic rings. The third kappa shape index (κ3) is 3.48. The average Bonchev–Trinajstić information content (AvgIpc) is 3.39. The van der Waals surface area contributed by atoms with Crippen molar-refractivity contribution in [2.24, 2.45) is 23.7 Å². The number of benzene rings is 2. The van der Waals surface area contributed by atoms with Crippen LogP contribution >= 0.6 is 31.9 Å². The molecule has 1 aliphatic heterocycles. The molecule has 2 aliphatic carbocycles. The highest BCUT2D eigenvalue weighted by atomic mass is 79.9. The van der Waals surface area contributed by atoms with Crippen LogP contribution in [0.25, 0.3) is 0 Å². The predicted octanol–water partition coefficient (Wildman–Crippen LogP) is 4.26. The smallest absolute Gasteiger partial charge is 0.349 e. The van der Waals surface area contributed by atoms with Crippen LogP contribution in [0.5, 0.6) is 11.5 Å². The maximum Gasteiger partial charge on any atom is 0.349 e. The Balaban J connectivity index is 1.24. The minimum atomic E-state index is -0.535. The number of esters is 1. The van der Waals surface area contributed by atoms with Crippen LogP contribution in [-0.4, -0.2) is 34.0 Å². The van der Waals surface area contributed by atoms with Gasteiger partial charge in [-0.1, -0.05) is 50.1 Å². The number of imide groups is 1. The number of amides is 2. The van der Waals surface area contributed by atoms with Crippen molar-refractivity contribution in [2.75, 3.05) is 11.5 Å². The molecule has 2 bridgehead atoms. The van der Waals surface area contributed by atoms with Crippen LogP contribution in [0.3, 0.4) is 0 Å². The first-order valence-electron chi connectivity index (χ1n) is 10.5. The van der Waals surface area contributed by atoms with Gasteiger partial charge >= 0.3 is 5.97 Å². The lowest BCUT2D eigenvalue weighted by Gasteiger charge is -2.28. The second-order valence-electron chi connectivity index (χ2n) is 8.54. The standard InChI is InChI=1S/C24H21Br2NO5/c1-12-4-2-3-5-17(12)31-11-18(28)32-14-8-6-13(7-9-14)27-23(29)19-15-10-16(20(19)24(27)30)22(26)21(15)25/h2-9,15-16,19-22H,10-11H2,1H3. The zero-order valence-electron chi connectivity index (χ0n) is 17.2. The molecule has 6 unspecified atom stereocenters. The van der Waals surface area contributed by atoms with E-state index in [0.717, 1.165) is 12.0 Å². The average molecular weight is 563 g/mol. The lowest BCUT2D eigenvalue weighted by molar-refractivity contribution is -0.136. The van der Waals surface area contributed by atoms with Crippen LogP contribution in [0.4, 0.5) is 5.69 Å². The number of rotatable bonds is 5. The largest absolute Gasteiger partial charge is 0.482 e. The molecule has 6 atom stereocenters. The fourth-order valence-electron chi connectivity index (χ4n) is 5.28. The van der Waals surface area contributed by atoms with E-state index < -0.39 is 5.97 Å². The molecule has 8 heteroatoms. The van der Waals surface area contributed by atoms with Crippen molar-refractivity contribution in [1.82, 2.24) is 0 Å². The first-order valence-corrected chi connectivity index (χ1v) is 12.3. The number of aryl methyl sites for hydroxylation is 1. The minimum Gasteiger partial charge on any atom is -0.482 e. The topological polar surface area (TPSA) is 72.9 Å². The van der Waals surface area contributed by atoms with Crippen LogP contribution in [-0.2, 0) is 14.4 Å². The van der Waals surface area contributed by atoms with E-state index in [9.17, 15) is 14.4 Å². The maximum atomic E-state index is 13.1. The lowest BCUT2D eigenvalue weighted by Crippen LogP contribution is -2.37. The number of nitrogens with zero attached hydrogens (tertiary/aromatic N) is 1. The maximum absolute atomic E-state index is 13.1. The highest BCUT2D eigenvalue weighted by molar-refractivity contribution is 9.12. The zero-order chi connectivity index (χ0) is 22.6. The van der Waals surface area contributed by atoms with E-state index in [2.05, 4.69) is 31.9 Å². The van der Waals surface area contributed by atoms with Crippen molar-refractivity contribution in [2.45, 2.75) is 23.0 Å². The fourth-order valence-corrected chi connectivity index (χ4v) is 7.16. The fraction of sp³-hybridized carbons (Fsp3) is 0.375. The van der Waals surface area contributed by atoms with Crippen molar-refractivity contribution < 1.29 is 23.9 Å². The van der Waals surface area contributed by atoms with Gasteiger partial charge in [0, 0.05) is 9.65 Å². The van der Waals surface area contributed by atoms with Crippen molar-refractivity contribution in [3.8, 4) is 11.5 Å². The van der Waals surface area contributed by atoms with Crippen LogP contribution in [0.15, 0.2) is 48.5 Å². The SMILES string of the molecule is Cc1ccccc1OCC(=O)Oc1ccc(N2C(=O)C3C4CC(C(Br)C4Br)C3C2=O)cc1. The molecule has 1 saturated heterocycles. The summed E-state index contributed by atoms with van der Waals surface area (Å²) >= 11 is 7.39. The summed E-state index contributed by atoms with van der Waals surface area (Å²) in [4.78, 5) is 40.1. The molecule has 3 fully saturated rings. The van der Waals surface area contributed by atoms with Crippen LogP contribution in [0, 0.1) is 30.6 Å². The Morgan fingerprint density at radius 3 is 2.16 bits per heavy atom. The summed E-state index contributed by atoms with van der Waals surface area (Å²) in [5, 5.41) is 0. The third-order valence-corrected chi connectivity index (χ3v) is 9.96. The number of anilines is 1. The Morgan fingerprint density at radius 2 is 1.56 bits per heavy atom. The highest BCUT2D eigenvalue weighted by Crippen LogP contribution is 2.60. The summed E-state index contributed by atoms with van der Waals surface area (Å²) in [6.45, 7) is 1.68. The molecule has 0 N–H and O–H groups in total. The monoisotopic (exact) mass is 561 g/mol. The summed E-state index contributed by atoms with van der Waals surface area (Å²) in [6.07, 6.45) is 0.895. The number of hydrogen-bond donors (Lipinski definition) is 0. The summed E-state index contributed by atoms with van der Waals surface area (Å²) in [7, 11) is 0. The first-order chi connectivity index (χ1) is 15.4. The summed E-state index contributed by atoms with van der Waals surface area (Å²) < 4.78 is 10.8. The van der Waals surface area contributed by atoms with Crippen molar-refractivity contribution in [3.05, 3.63) is 54.1 Å². The molecule has 2 aromatic carbocycles. The molecule has 6 nitrogen and oxygen atoms in total. The van der Waals surface area contributed by atoms with Gasteiger partial charge in [0.25, 0.3) is 0 Å². The predicted molar refractivity (Wildman–Crippen MR) is 125 cm³/mol. The molecular formula is C24H21Br2NO5. The summed E-state index contributed by atoms with van der Waals surface area (Å²) in [5.41, 5.74) is 1.43. The van der Waals surface area contributed by atoms with Gasteiger partial charge in [-0.05, 0) is 61.1 Å². The number of carbonyl (C=O) groups excluding carboxylic acids is 3. The van der Waals surface area contributed by atoms with Gasteiger partial charge in [-0.15, -0.1) is 0 Å². The van der Waals surface area contributed by atoms with Gasteiger partial charge in [0.15, 0.2) is 6.61 Å². The molecule has 2 amide bonds. The number of fused-ring (bicyclic) bond motifs is 5. The molecule has 0 aromatic heterocycles. The number of alkyl halides is 2. The van der Waals surface area contributed by atoms with Crippen molar-refractivity contribution in [3.63, 3.8) is 0 Å². The molecule has 166 valence electrons. The van der Waals surface area contributed by atoms with E-state index >= 15 is 0 Å². The molecule has 2 aromatic rings. The number of ether oxygens (including phenoxy) is 2. The second kappa shape index (κ2) is 8.30. The molecule has 2 saturated carbocycles. The Hall–Kier alpha value is -2.19. The number of hydrogen-bond acceptors (Lipinski definition) is 5. The van der Waals surface area contributed by atoms with E-state index in [0.29, 0.717) is 17.2 Å². The van der Waals surface area contributed by atoms with Crippen molar-refractivity contribution >= 4 is 55.3 Å². The van der Waals surface area contributed by atoms with Gasteiger partial charge in [-0.25, -0.2) is 4.79 Å². The normalized spacial score (nSPS) is 30.5. The van der Waals surface area contributed by atoms with Gasteiger partial charge in [-0.2, -0.15) is 0 Å². The van der Waals surface area contributed by atoms with Gasteiger partial charge < -0.3 is 9.47 Å². The molecule has 1 heterocycles. The van der Waals surface area contributed by atoms with Crippen LogP contribution < -0.4 is 14.4 Å². The summed E-state index contributed by atoms with van der Waals surface area (Å²) in [5.74, 6) is -0.0286. The first kappa shape index (κ1) is 21.6. The molecule has 32 heavy (non-hydrogen) atoms. The van der Waals surface area contributed by atoms with E-state index in [4.69, 9.17) is 9.47 Å². The van der Waals surface area contributed by atoms with E-state index in [1.54, 1.807) is 30.3 Å². The third-order valence-electron chi connectivity index (χ3n) is 6.75. The van der Waals surface area contributed by atoms with Crippen LogP contribution in [0.1, 0.15) is 12.0 Å². The Labute approximate surface area is 202 Å². The van der Waals surface area contributed by atoms with E-state index in [1.807, 2.05) is 25.1 Å². The minimum absolute atomic E-state index is 0.132. The Bertz CT molecular complexity index is 1060. The Kier molecular flexibility index (Phi) is 5.61. The summed E-state index contributed by atoms with van der Waals surface area (Å²) in [6, 6.07) is 13.9. The second-order valence-corrected chi connectivity index (χ2v) is 10.7. The quantitative estimate of drug-likeness (QED) is 0.236. The van der Waals surface area contributed by atoms with Gasteiger partial charge in [0.1, 0.15) is 11.5 Å². The zero-order valence-corrected chi connectivity index (χ0v) is 20.4. The van der Waals surface area contributed by atoms with Gasteiger partial charge in [0.2, 0.25) is 11.8 Å². The lowest BCUT2D eigenvalue weighted by atomic mass is 9.81. The number of carbonyl (C=O) groups is 3. The highest BCUT2D eigenvalue weighted by Gasteiger charge is 2.66. The molecule has 0 spiro atoms. The van der Waals surface area contributed by atoms with Gasteiger partial charge in [0.05, 0.1) is 17.5 Å². The number of para-hydroxylation sites is 1. The number of halogens is 2. The Morgan fingerprint density at radius 1 is 0.969 bits per heavy atom. The molecular weight excluding hydrogens is 542 g/mol. The van der Waals surface area contributed by atoms with E-state index in [-0.39, 0.29) is 51.7 Å². The molecule has 0 radical (unpaired) electrons.